The highest BCUT2D eigenvalue weighted by molar-refractivity contribution is 5.40. The van der Waals surface area contributed by atoms with Crippen molar-refractivity contribution < 1.29 is 14.2 Å². The van der Waals surface area contributed by atoms with Gasteiger partial charge in [-0.1, -0.05) is 6.42 Å². The summed E-state index contributed by atoms with van der Waals surface area (Å²) in [5.41, 5.74) is 1.15. The molecule has 1 aliphatic rings. The van der Waals surface area contributed by atoms with Crippen molar-refractivity contribution in [2.45, 2.75) is 44.8 Å². The van der Waals surface area contributed by atoms with Crippen LogP contribution in [0.1, 0.15) is 37.7 Å². The molecule has 21 heavy (non-hydrogen) atoms. The van der Waals surface area contributed by atoms with Crippen LogP contribution < -0.4 is 14.8 Å². The molecule has 0 unspecified atom stereocenters. The van der Waals surface area contributed by atoms with E-state index < -0.39 is 0 Å². The molecule has 0 heterocycles. The zero-order valence-electron chi connectivity index (χ0n) is 13.2. The summed E-state index contributed by atoms with van der Waals surface area (Å²) < 4.78 is 16.6. The van der Waals surface area contributed by atoms with Crippen molar-refractivity contribution >= 4 is 0 Å². The molecule has 1 saturated carbocycles. The van der Waals surface area contributed by atoms with E-state index in [2.05, 4.69) is 11.4 Å². The Morgan fingerprint density at radius 2 is 1.95 bits per heavy atom. The molecule has 1 fully saturated rings. The molecule has 0 radical (unpaired) electrons. The van der Waals surface area contributed by atoms with Crippen molar-refractivity contribution in [2.24, 2.45) is 0 Å². The first-order valence-electron chi connectivity index (χ1n) is 7.86. The predicted molar refractivity (Wildman–Crippen MR) is 84.1 cm³/mol. The average molecular weight is 293 g/mol. The third-order valence-corrected chi connectivity index (χ3v) is 3.91. The Kier molecular flexibility index (Phi) is 6.83. The molecular formula is C17H27NO3. The van der Waals surface area contributed by atoms with Crippen LogP contribution in [0.3, 0.4) is 0 Å². The molecule has 2 rings (SSSR count). The minimum atomic E-state index is 0.366. The normalized spacial score (nSPS) is 15.9. The molecule has 1 aliphatic carbocycles. The van der Waals surface area contributed by atoms with Gasteiger partial charge in [-0.2, -0.15) is 0 Å². The lowest BCUT2D eigenvalue weighted by Gasteiger charge is -2.24. The van der Waals surface area contributed by atoms with Gasteiger partial charge in [0.15, 0.2) is 0 Å². The third kappa shape index (κ3) is 5.21. The van der Waals surface area contributed by atoms with E-state index in [4.69, 9.17) is 14.2 Å². The van der Waals surface area contributed by atoms with Crippen molar-refractivity contribution in [3.05, 3.63) is 23.8 Å². The van der Waals surface area contributed by atoms with E-state index in [-0.39, 0.29) is 0 Å². The van der Waals surface area contributed by atoms with Gasteiger partial charge in [-0.05, 0) is 43.9 Å². The van der Waals surface area contributed by atoms with Crippen LogP contribution in [0, 0.1) is 0 Å². The second-order valence-corrected chi connectivity index (χ2v) is 5.52. The summed E-state index contributed by atoms with van der Waals surface area (Å²) in [5.74, 6) is 1.85. The van der Waals surface area contributed by atoms with Crippen molar-refractivity contribution in [1.82, 2.24) is 5.32 Å². The molecule has 0 aliphatic heterocycles. The van der Waals surface area contributed by atoms with Crippen LogP contribution in [0.4, 0.5) is 0 Å². The summed E-state index contributed by atoms with van der Waals surface area (Å²) in [7, 11) is 3.41. The van der Waals surface area contributed by atoms with Gasteiger partial charge in [0.05, 0.1) is 19.8 Å². The summed E-state index contributed by atoms with van der Waals surface area (Å²) in [4.78, 5) is 0. The molecule has 0 spiro atoms. The monoisotopic (exact) mass is 293 g/mol. The van der Waals surface area contributed by atoms with Gasteiger partial charge in [-0.15, -0.1) is 0 Å². The maximum atomic E-state index is 6.22. The fourth-order valence-electron chi connectivity index (χ4n) is 2.70. The summed E-state index contributed by atoms with van der Waals surface area (Å²) in [6.07, 6.45) is 6.61. The van der Waals surface area contributed by atoms with Crippen LogP contribution in [0.5, 0.6) is 11.5 Å². The lowest BCUT2D eigenvalue weighted by atomic mass is 9.97. The molecule has 4 nitrogen and oxygen atoms in total. The Morgan fingerprint density at radius 1 is 1.14 bits per heavy atom. The quantitative estimate of drug-likeness (QED) is 0.747. The maximum absolute atomic E-state index is 6.22. The van der Waals surface area contributed by atoms with E-state index in [1.807, 2.05) is 12.1 Å². The van der Waals surface area contributed by atoms with E-state index in [9.17, 15) is 0 Å². The molecule has 0 aromatic heterocycles. The largest absolute Gasteiger partial charge is 0.497 e. The predicted octanol–water partition coefficient (Wildman–Crippen LogP) is 3.14. The Hall–Kier alpha value is -1.26. The van der Waals surface area contributed by atoms with Crippen LogP contribution in [-0.2, 0) is 11.3 Å². The molecule has 1 N–H and O–H groups in total. The molecular weight excluding hydrogens is 266 g/mol. The van der Waals surface area contributed by atoms with Crippen molar-refractivity contribution in [3.8, 4) is 11.5 Å². The number of ether oxygens (including phenoxy) is 3. The Balaban J connectivity index is 1.99. The summed E-state index contributed by atoms with van der Waals surface area (Å²) in [6.45, 7) is 2.31. The smallest absolute Gasteiger partial charge is 0.124 e. The van der Waals surface area contributed by atoms with Crippen LogP contribution in [0.2, 0.25) is 0 Å². The fourth-order valence-corrected chi connectivity index (χ4v) is 2.70. The summed E-state index contributed by atoms with van der Waals surface area (Å²) >= 11 is 0. The zero-order valence-corrected chi connectivity index (χ0v) is 13.2. The van der Waals surface area contributed by atoms with Gasteiger partial charge in [0.1, 0.15) is 11.5 Å². The van der Waals surface area contributed by atoms with Gasteiger partial charge < -0.3 is 19.5 Å². The van der Waals surface area contributed by atoms with Gasteiger partial charge in [0.25, 0.3) is 0 Å². The van der Waals surface area contributed by atoms with Crippen molar-refractivity contribution in [2.75, 3.05) is 27.4 Å². The fraction of sp³-hybridized carbons (Fsp3) is 0.647. The minimum Gasteiger partial charge on any atom is -0.497 e. The molecule has 0 bridgehead atoms. The lowest BCUT2D eigenvalue weighted by molar-refractivity contribution is 0.153. The second-order valence-electron chi connectivity index (χ2n) is 5.52. The number of nitrogens with one attached hydrogen (secondary N) is 1. The SMILES string of the molecule is COCCNCc1cc(OC)ccc1OC1CCCCC1. The van der Waals surface area contributed by atoms with Gasteiger partial charge in [-0.25, -0.2) is 0 Å². The number of hydrogen-bond acceptors (Lipinski definition) is 4. The maximum Gasteiger partial charge on any atom is 0.124 e. The molecule has 4 heteroatoms. The Bertz CT molecular complexity index is 416. The highest BCUT2D eigenvalue weighted by Gasteiger charge is 2.16. The topological polar surface area (TPSA) is 39.7 Å². The Labute approximate surface area is 127 Å². The first-order chi connectivity index (χ1) is 10.3. The molecule has 1 aromatic carbocycles. The zero-order chi connectivity index (χ0) is 14.9. The number of rotatable bonds is 8. The molecule has 118 valence electrons. The number of methoxy groups -OCH3 is 2. The van der Waals surface area contributed by atoms with Crippen molar-refractivity contribution in [1.29, 1.82) is 0 Å². The van der Waals surface area contributed by atoms with Crippen molar-refractivity contribution in [3.63, 3.8) is 0 Å². The van der Waals surface area contributed by atoms with Gasteiger partial charge in [-0.3, -0.25) is 0 Å². The van der Waals surface area contributed by atoms with E-state index in [1.54, 1.807) is 14.2 Å². The van der Waals surface area contributed by atoms with E-state index in [0.717, 1.165) is 30.2 Å². The van der Waals surface area contributed by atoms with Crippen LogP contribution in [-0.4, -0.2) is 33.5 Å². The lowest BCUT2D eigenvalue weighted by Crippen LogP contribution is -2.22. The third-order valence-electron chi connectivity index (χ3n) is 3.91. The molecule has 0 saturated heterocycles. The molecule has 0 atom stereocenters. The highest BCUT2D eigenvalue weighted by Crippen LogP contribution is 2.28. The Morgan fingerprint density at radius 3 is 2.67 bits per heavy atom. The number of benzene rings is 1. The highest BCUT2D eigenvalue weighted by atomic mass is 16.5. The standard InChI is InChI=1S/C17H27NO3/c1-19-11-10-18-13-14-12-16(20-2)8-9-17(14)21-15-6-4-3-5-7-15/h8-9,12,15,18H,3-7,10-11,13H2,1-2H3. The molecule has 1 aromatic rings. The van der Waals surface area contributed by atoms with Crippen LogP contribution >= 0.6 is 0 Å². The van der Waals surface area contributed by atoms with E-state index >= 15 is 0 Å². The number of hydrogen-bond donors (Lipinski definition) is 1. The summed E-state index contributed by atoms with van der Waals surface area (Å²) in [6, 6.07) is 6.05. The first-order valence-corrected chi connectivity index (χ1v) is 7.86. The van der Waals surface area contributed by atoms with Gasteiger partial charge >= 0.3 is 0 Å². The second kappa shape index (κ2) is 8.90. The first kappa shape index (κ1) is 16.1. The van der Waals surface area contributed by atoms with Gasteiger partial charge in [0.2, 0.25) is 0 Å². The van der Waals surface area contributed by atoms with E-state index in [1.165, 1.54) is 32.1 Å². The summed E-state index contributed by atoms with van der Waals surface area (Å²) in [5, 5.41) is 3.37. The minimum absolute atomic E-state index is 0.366. The average Bonchev–Trinajstić information content (AvgIpc) is 2.54. The van der Waals surface area contributed by atoms with Crippen LogP contribution in [0.25, 0.3) is 0 Å². The molecule has 0 amide bonds. The van der Waals surface area contributed by atoms with Crippen LogP contribution in [0.15, 0.2) is 18.2 Å². The van der Waals surface area contributed by atoms with Gasteiger partial charge in [0, 0.05) is 25.8 Å². The van der Waals surface area contributed by atoms with E-state index in [0.29, 0.717) is 12.7 Å².